The largest absolute Gasteiger partial charge is 0.461 e. The standard InChI is InChI=1S/C23H28O5S/c1-23(2,3)29(26,27)17-21(24)15-20(14-18-10-6-4-7-11-18)22(25)28-16-19-12-8-5-9-13-19/h4-13,20H,14-17H2,1-3H3/t20-/m1/s1. The fourth-order valence-electron chi connectivity index (χ4n) is 2.75. The molecule has 2 rings (SSSR count). The van der Waals surface area contributed by atoms with Gasteiger partial charge in [0.2, 0.25) is 0 Å². The molecule has 0 saturated carbocycles. The Hall–Kier alpha value is -2.47. The molecule has 2 aromatic rings. The van der Waals surface area contributed by atoms with Gasteiger partial charge in [-0.05, 0) is 38.3 Å². The molecule has 0 aliphatic carbocycles. The van der Waals surface area contributed by atoms with Crippen molar-refractivity contribution in [1.82, 2.24) is 0 Å². The molecule has 2 aromatic carbocycles. The van der Waals surface area contributed by atoms with Crippen LogP contribution in [-0.2, 0) is 37.2 Å². The average Bonchev–Trinajstić information content (AvgIpc) is 2.66. The van der Waals surface area contributed by atoms with Crippen LogP contribution in [0.15, 0.2) is 60.7 Å². The van der Waals surface area contributed by atoms with E-state index in [0.717, 1.165) is 11.1 Å². The number of Topliss-reactive ketones (excluding diaryl/α,β-unsaturated/α-hetero) is 1. The molecule has 0 spiro atoms. The highest BCUT2D eigenvalue weighted by molar-refractivity contribution is 7.93. The van der Waals surface area contributed by atoms with Gasteiger partial charge in [-0.25, -0.2) is 8.42 Å². The van der Waals surface area contributed by atoms with Gasteiger partial charge in [0.1, 0.15) is 18.1 Å². The fraction of sp³-hybridized carbons (Fsp3) is 0.391. The second kappa shape index (κ2) is 9.83. The smallest absolute Gasteiger partial charge is 0.310 e. The zero-order valence-electron chi connectivity index (χ0n) is 17.1. The third-order valence-corrected chi connectivity index (χ3v) is 7.21. The second-order valence-electron chi connectivity index (χ2n) is 8.09. The summed E-state index contributed by atoms with van der Waals surface area (Å²) in [6.07, 6.45) is 0.146. The summed E-state index contributed by atoms with van der Waals surface area (Å²) in [5.74, 6) is -2.28. The van der Waals surface area contributed by atoms with E-state index in [2.05, 4.69) is 0 Å². The van der Waals surface area contributed by atoms with Crippen molar-refractivity contribution in [2.45, 2.75) is 45.0 Å². The summed E-state index contributed by atoms with van der Waals surface area (Å²) < 4.78 is 29.1. The van der Waals surface area contributed by atoms with Gasteiger partial charge in [-0.2, -0.15) is 0 Å². The van der Waals surface area contributed by atoms with Gasteiger partial charge in [-0.15, -0.1) is 0 Å². The third-order valence-electron chi connectivity index (χ3n) is 4.64. The molecule has 0 bridgehead atoms. The highest BCUT2D eigenvalue weighted by Crippen LogP contribution is 2.20. The van der Waals surface area contributed by atoms with E-state index < -0.39 is 38.0 Å². The van der Waals surface area contributed by atoms with Gasteiger partial charge in [-0.3, -0.25) is 9.59 Å². The van der Waals surface area contributed by atoms with Crippen LogP contribution in [-0.4, -0.2) is 30.7 Å². The van der Waals surface area contributed by atoms with Gasteiger partial charge < -0.3 is 4.74 Å². The Labute approximate surface area is 173 Å². The van der Waals surface area contributed by atoms with Crippen LogP contribution in [0.2, 0.25) is 0 Å². The quantitative estimate of drug-likeness (QED) is 0.582. The summed E-state index contributed by atoms with van der Waals surface area (Å²) in [4.78, 5) is 25.2. The van der Waals surface area contributed by atoms with Crippen LogP contribution in [0.5, 0.6) is 0 Å². The molecule has 0 radical (unpaired) electrons. The lowest BCUT2D eigenvalue weighted by Gasteiger charge is -2.20. The number of benzene rings is 2. The van der Waals surface area contributed by atoms with E-state index >= 15 is 0 Å². The Morgan fingerprint density at radius 3 is 1.93 bits per heavy atom. The van der Waals surface area contributed by atoms with Crippen LogP contribution in [0.4, 0.5) is 0 Å². The molecular weight excluding hydrogens is 388 g/mol. The van der Waals surface area contributed by atoms with Crippen molar-refractivity contribution < 1.29 is 22.7 Å². The van der Waals surface area contributed by atoms with Crippen LogP contribution in [0.1, 0.15) is 38.3 Å². The van der Waals surface area contributed by atoms with E-state index in [1.807, 2.05) is 60.7 Å². The summed E-state index contributed by atoms with van der Waals surface area (Å²) in [5, 5.41) is 0. The van der Waals surface area contributed by atoms with E-state index in [9.17, 15) is 18.0 Å². The third kappa shape index (κ3) is 7.13. The Balaban J connectivity index is 2.09. The number of rotatable bonds is 9. The van der Waals surface area contributed by atoms with Crippen LogP contribution >= 0.6 is 0 Å². The first-order chi connectivity index (χ1) is 13.6. The molecule has 0 aliphatic heterocycles. The number of hydrogen-bond donors (Lipinski definition) is 0. The predicted molar refractivity (Wildman–Crippen MR) is 113 cm³/mol. The van der Waals surface area contributed by atoms with E-state index in [1.165, 1.54) is 0 Å². The zero-order valence-corrected chi connectivity index (χ0v) is 17.9. The minimum absolute atomic E-state index is 0.111. The molecule has 6 heteroatoms. The molecule has 0 unspecified atom stereocenters. The summed E-state index contributed by atoms with van der Waals surface area (Å²) >= 11 is 0. The normalized spacial score (nSPS) is 12.9. The number of carbonyl (C=O) groups is 2. The Morgan fingerprint density at radius 2 is 1.41 bits per heavy atom. The second-order valence-corrected chi connectivity index (χ2v) is 10.8. The Kier molecular flexibility index (Phi) is 7.73. The molecule has 0 heterocycles. The number of ketones is 1. The van der Waals surface area contributed by atoms with Crippen LogP contribution in [0.3, 0.4) is 0 Å². The summed E-state index contributed by atoms with van der Waals surface area (Å²) in [5.41, 5.74) is 1.74. The topological polar surface area (TPSA) is 77.5 Å². The lowest BCUT2D eigenvalue weighted by atomic mass is 9.94. The molecule has 0 saturated heterocycles. The minimum atomic E-state index is -3.60. The SMILES string of the molecule is CC(C)(C)S(=O)(=O)CC(=O)C[C@@H](Cc1ccccc1)C(=O)OCc1ccccc1. The van der Waals surface area contributed by atoms with Crippen molar-refractivity contribution in [2.75, 3.05) is 5.75 Å². The maximum Gasteiger partial charge on any atom is 0.310 e. The first-order valence-electron chi connectivity index (χ1n) is 9.57. The monoisotopic (exact) mass is 416 g/mol. The Bertz CT molecular complexity index is 913. The van der Waals surface area contributed by atoms with E-state index in [0.29, 0.717) is 6.42 Å². The van der Waals surface area contributed by atoms with Crippen molar-refractivity contribution in [3.63, 3.8) is 0 Å². The van der Waals surface area contributed by atoms with Crippen LogP contribution in [0.25, 0.3) is 0 Å². The van der Waals surface area contributed by atoms with Gasteiger partial charge in [0.05, 0.1) is 10.7 Å². The van der Waals surface area contributed by atoms with E-state index in [-0.39, 0.29) is 13.0 Å². The number of carbonyl (C=O) groups excluding carboxylic acids is 2. The van der Waals surface area contributed by atoms with Crippen molar-refractivity contribution >= 4 is 21.6 Å². The van der Waals surface area contributed by atoms with Crippen molar-refractivity contribution in [3.8, 4) is 0 Å². The molecule has 0 N–H and O–H groups in total. The lowest BCUT2D eigenvalue weighted by Crippen LogP contribution is -2.35. The van der Waals surface area contributed by atoms with Gasteiger partial charge in [0.15, 0.2) is 9.84 Å². The molecule has 5 nitrogen and oxygen atoms in total. The number of sulfone groups is 1. The zero-order chi connectivity index (χ0) is 21.5. The van der Waals surface area contributed by atoms with E-state index in [4.69, 9.17) is 4.74 Å². The molecule has 29 heavy (non-hydrogen) atoms. The van der Waals surface area contributed by atoms with Gasteiger partial charge in [-0.1, -0.05) is 60.7 Å². The molecule has 0 aromatic heterocycles. The highest BCUT2D eigenvalue weighted by Gasteiger charge is 2.33. The van der Waals surface area contributed by atoms with E-state index in [1.54, 1.807) is 20.8 Å². The summed E-state index contributed by atoms with van der Waals surface area (Å²) in [6, 6.07) is 18.6. The van der Waals surface area contributed by atoms with Gasteiger partial charge in [0.25, 0.3) is 0 Å². The highest BCUT2D eigenvalue weighted by atomic mass is 32.2. The molecule has 156 valence electrons. The van der Waals surface area contributed by atoms with Gasteiger partial charge >= 0.3 is 5.97 Å². The van der Waals surface area contributed by atoms with Crippen molar-refractivity contribution in [3.05, 3.63) is 71.8 Å². The lowest BCUT2D eigenvalue weighted by molar-refractivity contribution is -0.151. The molecule has 0 fully saturated rings. The fourth-order valence-corrected chi connectivity index (χ4v) is 3.72. The predicted octanol–water partition coefficient (Wildman–Crippen LogP) is 3.76. The van der Waals surface area contributed by atoms with Crippen molar-refractivity contribution in [2.24, 2.45) is 5.92 Å². The van der Waals surface area contributed by atoms with Crippen LogP contribution < -0.4 is 0 Å². The number of hydrogen-bond acceptors (Lipinski definition) is 5. The number of ether oxygens (including phenoxy) is 1. The molecular formula is C23H28O5S. The molecule has 0 amide bonds. The summed E-state index contributed by atoms with van der Waals surface area (Å²) in [7, 11) is -3.60. The van der Waals surface area contributed by atoms with Crippen LogP contribution in [0, 0.1) is 5.92 Å². The first kappa shape index (κ1) is 22.8. The maximum atomic E-state index is 12.7. The summed E-state index contributed by atoms with van der Waals surface area (Å²) in [6.45, 7) is 4.79. The van der Waals surface area contributed by atoms with Crippen molar-refractivity contribution in [1.29, 1.82) is 0 Å². The Morgan fingerprint density at radius 1 is 0.897 bits per heavy atom. The number of esters is 1. The average molecular weight is 417 g/mol. The first-order valence-corrected chi connectivity index (χ1v) is 11.2. The van der Waals surface area contributed by atoms with Gasteiger partial charge in [0, 0.05) is 6.42 Å². The molecule has 1 atom stereocenters. The molecule has 0 aliphatic rings. The minimum Gasteiger partial charge on any atom is -0.461 e. The maximum absolute atomic E-state index is 12.7.